The van der Waals surface area contributed by atoms with Crippen molar-refractivity contribution in [2.75, 3.05) is 7.11 Å². The molecule has 0 amide bonds. The van der Waals surface area contributed by atoms with Crippen LogP contribution in [0.3, 0.4) is 0 Å². The summed E-state index contributed by atoms with van der Waals surface area (Å²) in [5.74, 6) is -0.986. The molecule has 0 aromatic carbocycles. The second-order valence-corrected chi connectivity index (χ2v) is 0.869. The van der Waals surface area contributed by atoms with Crippen molar-refractivity contribution in [3.63, 3.8) is 0 Å². The van der Waals surface area contributed by atoms with Crippen LogP contribution in [0.15, 0.2) is 0 Å². The fourth-order valence-electron chi connectivity index (χ4n) is 0.0891. The first-order valence-electron chi connectivity index (χ1n) is 1.59. The van der Waals surface area contributed by atoms with Crippen LogP contribution in [0.4, 0.5) is 8.78 Å². The van der Waals surface area contributed by atoms with Gasteiger partial charge in [0.15, 0.2) is 0 Å². The quantitative estimate of drug-likeness (QED) is 0.438. The smallest absolute Gasteiger partial charge is 0.312 e. The van der Waals surface area contributed by atoms with Gasteiger partial charge in [0.25, 0.3) is 0 Å². The summed E-state index contributed by atoms with van der Waals surface area (Å²) in [5, 5.41) is 6.22. The Morgan fingerprint density at radius 2 is 2.00 bits per heavy atom. The molecular formula is C3H6ClF2NO. The maximum absolute atomic E-state index is 11.1. The number of halogens is 3. The number of hydrogen-bond donors (Lipinski definition) is 1. The van der Waals surface area contributed by atoms with E-state index < -0.39 is 12.3 Å². The van der Waals surface area contributed by atoms with Gasteiger partial charge in [-0.2, -0.15) is 8.78 Å². The SMILES string of the molecule is COC(=N)C(F)F.Cl. The van der Waals surface area contributed by atoms with E-state index in [4.69, 9.17) is 5.41 Å². The van der Waals surface area contributed by atoms with Gasteiger partial charge in [0.2, 0.25) is 5.90 Å². The lowest BCUT2D eigenvalue weighted by Crippen LogP contribution is -2.09. The first kappa shape index (κ1) is 10.6. The number of alkyl halides is 2. The first-order valence-corrected chi connectivity index (χ1v) is 1.59. The Morgan fingerprint density at radius 3 is 2.00 bits per heavy atom. The summed E-state index contributed by atoms with van der Waals surface area (Å²) >= 11 is 0. The predicted molar refractivity (Wildman–Crippen MR) is 28.0 cm³/mol. The highest BCUT2D eigenvalue weighted by molar-refractivity contribution is 5.85. The minimum Gasteiger partial charge on any atom is -0.480 e. The van der Waals surface area contributed by atoms with Gasteiger partial charge < -0.3 is 4.74 Å². The monoisotopic (exact) mass is 145 g/mol. The summed E-state index contributed by atoms with van der Waals surface area (Å²) < 4.78 is 26.0. The molecule has 0 aliphatic carbocycles. The first-order chi connectivity index (χ1) is 3.18. The number of ether oxygens (including phenoxy) is 1. The van der Waals surface area contributed by atoms with E-state index in [9.17, 15) is 8.78 Å². The Labute approximate surface area is 51.8 Å². The number of nitrogens with one attached hydrogen (secondary N) is 1. The maximum Gasteiger partial charge on any atom is 0.312 e. The third kappa shape index (κ3) is 3.80. The summed E-state index contributed by atoms with van der Waals surface area (Å²) in [7, 11) is 1.04. The van der Waals surface area contributed by atoms with Crippen molar-refractivity contribution >= 4 is 18.3 Å². The number of rotatable bonds is 1. The zero-order valence-electron chi connectivity index (χ0n) is 4.15. The van der Waals surface area contributed by atoms with E-state index in [1.165, 1.54) is 0 Å². The van der Waals surface area contributed by atoms with E-state index in [2.05, 4.69) is 4.74 Å². The molecule has 1 N–H and O–H groups in total. The zero-order valence-corrected chi connectivity index (χ0v) is 4.97. The third-order valence-corrected chi connectivity index (χ3v) is 0.418. The average Bonchev–Trinajstić information content (AvgIpc) is 1.65. The lowest BCUT2D eigenvalue weighted by atomic mass is 10.7. The van der Waals surface area contributed by atoms with E-state index in [0.29, 0.717) is 0 Å². The second-order valence-electron chi connectivity index (χ2n) is 0.869. The van der Waals surface area contributed by atoms with Crippen LogP contribution >= 0.6 is 12.4 Å². The van der Waals surface area contributed by atoms with Gasteiger partial charge in [-0.05, 0) is 0 Å². The van der Waals surface area contributed by atoms with Crippen LogP contribution in [0.1, 0.15) is 0 Å². The third-order valence-electron chi connectivity index (χ3n) is 0.418. The van der Waals surface area contributed by atoms with Crippen molar-refractivity contribution < 1.29 is 13.5 Å². The molecule has 8 heavy (non-hydrogen) atoms. The molecule has 0 radical (unpaired) electrons. The molecule has 0 aromatic rings. The Hall–Kier alpha value is -0.380. The molecule has 0 heterocycles. The van der Waals surface area contributed by atoms with E-state index in [1.54, 1.807) is 0 Å². The van der Waals surface area contributed by atoms with Gasteiger partial charge in [-0.3, -0.25) is 5.41 Å². The van der Waals surface area contributed by atoms with E-state index in [0.717, 1.165) is 7.11 Å². The standard InChI is InChI=1S/C3H5F2NO.ClH/c1-7-3(6)2(4)5;/h2,6H,1H3;1H. The van der Waals surface area contributed by atoms with Crippen LogP contribution in [0, 0.1) is 5.41 Å². The Balaban J connectivity index is 0. The van der Waals surface area contributed by atoms with Gasteiger partial charge >= 0.3 is 6.43 Å². The molecular weight excluding hydrogens is 139 g/mol. The van der Waals surface area contributed by atoms with Gasteiger partial charge in [0.1, 0.15) is 0 Å². The van der Waals surface area contributed by atoms with E-state index >= 15 is 0 Å². The molecule has 0 unspecified atom stereocenters. The van der Waals surface area contributed by atoms with Crippen molar-refractivity contribution in [3.8, 4) is 0 Å². The van der Waals surface area contributed by atoms with Crippen molar-refractivity contribution in [1.82, 2.24) is 0 Å². The molecule has 0 aliphatic heterocycles. The Kier molecular flexibility index (Phi) is 6.31. The minimum absolute atomic E-state index is 0. The van der Waals surface area contributed by atoms with Crippen LogP contribution in [0.2, 0.25) is 0 Å². The van der Waals surface area contributed by atoms with Gasteiger partial charge in [-0.25, -0.2) is 0 Å². The highest BCUT2D eigenvalue weighted by Gasteiger charge is 2.08. The van der Waals surface area contributed by atoms with Crippen molar-refractivity contribution in [2.24, 2.45) is 0 Å². The van der Waals surface area contributed by atoms with Crippen LogP contribution in [-0.2, 0) is 4.74 Å². The summed E-state index contributed by atoms with van der Waals surface area (Å²) in [6.45, 7) is 0. The van der Waals surface area contributed by atoms with Gasteiger partial charge in [0, 0.05) is 0 Å². The molecule has 2 nitrogen and oxygen atoms in total. The Morgan fingerprint density at radius 1 is 1.62 bits per heavy atom. The summed E-state index contributed by atoms with van der Waals surface area (Å²) in [6.07, 6.45) is -2.77. The highest BCUT2D eigenvalue weighted by atomic mass is 35.5. The Bertz CT molecular complexity index is 77.7. The lowest BCUT2D eigenvalue weighted by Gasteiger charge is -1.95. The summed E-state index contributed by atoms with van der Waals surface area (Å²) in [4.78, 5) is 0. The fourth-order valence-corrected chi connectivity index (χ4v) is 0.0891. The van der Waals surface area contributed by atoms with E-state index in [1.807, 2.05) is 0 Å². The molecule has 0 atom stereocenters. The highest BCUT2D eigenvalue weighted by Crippen LogP contribution is 1.92. The molecule has 0 bridgehead atoms. The average molecular weight is 146 g/mol. The van der Waals surface area contributed by atoms with Crippen LogP contribution in [-0.4, -0.2) is 19.4 Å². The molecule has 0 fully saturated rings. The maximum atomic E-state index is 11.1. The largest absolute Gasteiger partial charge is 0.480 e. The van der Waals surface area contributed by atoms with Gasteiger partial charge in [-0.15, -0.1) is 12.4 Å². The fraction of sp³-hybridized carbons (Fsp3) is 0.667. The number of methoxy groups -OCH3 is 1. The predicted octanol–water partition coefficient (Wildman–Crippen LogP) is 1.30. The van der Waals surface area contributed by atoms with E-state index in [-0.39, 0.29) is 12.4 Å². The normalized spacial score (nSPS) is 8.00. The zero-order chi connectivity index (χ0) is 5.86. The summed E-state index contributed by atoms with van der Waals surface area (Å²) in [5.41, 5.74) is 0. The van der Waals surface area contributed by atoms with Crippen LogP contribution < -0.4 is 0 Å². The van der Waals surface area contributed by atoms with Crippen LogP contribution in [0.25, 0.3) is 0 Å². The molecule has 0 rings (SSSR count). The minimum atomic E-state index is -2.77. The van der Waals surface area contributed by atoms with Gasteiger partial charge in [0.05, 0.1) is 7.11 Å². The molecule has 0 spiro atoms. The topological polar surface area (TPSA) is 33.1 Å². The van der Waals surface area contributed by atoms with Crippen molar-refractivity contribution in [1.29, 1.82) is 5.41 Å². The molecule has 0 saturated heterocycles. The molecule has 0 aliphatic rings. The van der Waals surface area contributed by atoms with Gasteiger partial charge in [-0.1, -0.05) is 0 Å². The lowest BCUT2D eigenvalue weighted by molar-refractivity contribution is 0.182. The summed E-state index contributed by atoms with van der Waals surface area (Å²) in [6, 6.07) is 0. The number of hydrogen-bond acceptors (Lipinski definition) is 2. The molecule has 0 saturated carbocycles. The molecule has 0 aromatic heterocycles. The van der Waals surface area contributed by atoms with Crippen molar-refractivity contribution in [2.45, 2.75) is 6.43 Å². The molecule has 50 valence electrons. The van der Waals surface area contributed by atoms with Crippen molar-refractivity contribution in [3.05, 3.63) is 0 Å². The molecule has 5 heteroatoms. The van der Waals surface area contributed by atoms with Crippen LogP contribution in [0.5, 0.6) is 0 Å². The second kappa shape index (κ2) is 4.77.